The fraction of sp³-hybridized carbons (Fsp3) is 0.281. The second-order valence-corrected chi connectivity index (χ2v) is 12.1. The summed E-state index contributed by atoms with van der Waals surface area (Å²) in [6.45, 7) is 11.5. The third-order valence-electron chi connectivity index (χ3n) is 7.01. The van der Waals surface area contributed by atoms with Gasteiger partial charge in [-0.1, -0.05) is 42.0 Å². The molecule has 2 aromatic carbocycles. The Hall–Kier alpha value is -4.12. The summed E-state index contributed by atoms with van der Waals surface area (Å²) in [5.74, 6) is -0.301. The van der Waals surface area contributed by atoms with Crippen molar-refractivity contribution in [3.8, 4) is 22.9 Å². The molecule has 1 fully saturated rings. The molecule has 1 amide bonds. The average Bonchev–Trinajstić information content (AvgIpc) is 2.95. The third kappa shape index (κ3) is 6.84. The van der Waals surface area contributed by atoms with Crippen LogP contribution >= 0.6 is 0 Å². The number of carbonyl (C=O) groups is 1. The Morgan fingerprint density at radius 2 is 1.64 bits per heavy atom. The van der Waals surface area contributed by atoms with Gasteiger partial charge >= 0.3 is 0 Å². The maximum absolute atomic E-state index is 13.4. The zero-order valence-corrected chi connectivity index (χ0v) is 25.0. The number of rotatable bonds is 8. The van der Waals surface area contributed by atoms with Crippen LogP contribution in [0.15, 0.2) is 71.8 Å². The summed E-state index contributed by atoms with van der Waals surface area (Å²) in [4.78, 5) is 24.6. The van der Waals surface area contributed by atoms with Gasteiger partial charge in [-0.25, -0.2) is 14.7 Å². The van der Waals surface area contributed by atoms with Gasteiger partial charge in [0.15, 0.2) is 5.03 Å². The number of pyridine rings is 2. The summed E-state index contributed by atoms with van der Waals surface area (Å²) in [5.41, 5.74) is 5.89. The number of nitrogens with zero attached hydrogens (tertiary/aromatic N) is 3. The van der Waals surface area contributed by atoms with Crippen molar-refractivity contribution in [2.45, 2.75) is 39.3 Å². The smallest absolute Gasteiger partial charge is 0.281 e. The summed E-state index contributed by atoms with van der Waals surface area (Å²) < 4.78 is 39.9. The number of benzene rings is 2. The first kappa shape index (κ1) is 29.4. The van der Waals surface area contributed by atoms with E-state index in [0.717, 1.165) is 60.7 Å². The lowest BCUT2D eigenvalue weighted by molar-refractivity contribution is 0.0342. The summed E-state index contributed by atoms with van der Waals surface area (Å²) >= 11 is 0. The molecule has 0 unspecified atom stereocenters. The number of aromatic nitrogens is 2. The fourth-order valence-corrected chi connectivity index (χ4v) is 6.00. The van der Waals surface area contributed by atoms with Crippen LogP contribution in [-0.4, -0.2) is 55.5 Å². The number of aryl methyl sites for hydroxylation is 4. The lowest BCUT2D eigenvalue weighted by Gasteiger charge is -2.26. The van der Waals surface area contributed by atoms with E-state index in [2.05, 4.69) is 26.7 Å². The van der Waals surface area contributed by atoms with Crippen molar-refractivity contribution >= 4 is 15.9 Å². The number of amides is 1. The summed E-state index contributed by atoms with van der Waals surface area (Å²) in [5, 5.41) is -0.245. The van der Waals surface area contributed by atoms with Gasteiger partial charge in [0.25, 0.3) is 15.9 Å². The first-order chi connectivity index (χ1) is 20.1. The van der Waals surface area contributed by atoms with Crippen LogP contribution in [0.25, 0.3) is 11.3 Å². The Morgan fingerprint density at radius 3 is 2.36 bits per heavy atom. The highest BCUT2D eigenvalue weighted by Crippen LogP contribution is 2.33. The first-order valence-corrected chi connectivity index (χ1v) is 15.2. The predicted molar refractivity (Wildman–Crippen MR) is 160 cm³/mol. The number of morpholine rings is 1. The number of hydrogen-bond acceptors (Lipinski definition) is 8. The molecule has 1 N–H and O–H groups in total. The van der Waals surface area contributed by atoms with Crippen LogP contribution in [0.1, 0.15) is 38.3 Å². The minimum atomic E-state index is -4.23. The van der Waals surface area contributed by atoms with E-state index in [0.29, 0.717) is 17.1 Å². The number of nitrogens with one attached hydrogen (secondary N) is 1. The molecule has 1 aliphatic rings. The number of ether oxygens (including phenoxy) is 2. The molecule has 0 saturated carbocycles. The van der Waals surface area contributed by atoms with Gasteiger partial charge in [-0.3, -0.25) is 9.69 Å². The van der Waals surface area contributed by atoms with E-state index >= 15 is 0 Å². The maximum atomic E-state index is 13.4. The molecule has 10 heteroatoms. The number of carbonyl (C=O) groups excluding carboxylic acids is 1. The van der Waals surface area contributed by atoms with Gasteiger partial charge in [0.2, 0.25) is 5.88 Å². The van der Waals surface area contributed by atoms with Crippen LogP contribution in [0.2, 0.25) is 0 Å². The highest BCUT2D eigenvalue weighted by atomic mass is 32.2. The molecule has 9 nitrogen and oxygen atoms in total. The zero-order chi connectivity index (χ0) is 29.9. The van der Waals surface area contributed by atoms with Gasteiger partial charge in [-0.2, -0.15) is 8.42 Å². The molecule has 1 aliphatic heterocycles. The van der Waals surface area contributed by atoms with E-state index in [1.165, 1.54) is 6.07 Å². The lowest BCUT2D eigenvalue weighted by atomic mass is 10.1. The minimum absolute atomic E-state index is 0.00559. The van der Waals surface area contributed by atoms with Crippen molar-refractivity contribution in [2.24, 2.45) is 0 Å². The Kier molecular flexibility index (Phi) is 8.67. The van der Waals surface area contributed by atoms with Crippen molar-refractivity contribution in [1.82, 2.24) is 19.6 Å². The fourth-order valence-electron chi connectivity index (χ4n) is 5.02. The topological polar surface area (TPSA) is 111 Å². The first-order valence-electron chi connectivity index (χ1n) is 13.8. The zero-order valence-electron chi connectivity index (χ0n) is 24.2. The largest absolute Gasteiger partial charge is 0.438 e. The molecule has 2 aromatic heterocycles. The molecule has 0 atom stereocenters. The molecule has 5 rings (SSSR count). The molecular formula is C32H34N4O5S. The quantitative estimate of drug-likeness (QED) is 0.303. The van der Waals surface area contributed by atoms with Gasteiger partial charge in [0.1, 0.15) is 11.3 Å². The SMILES string of the molecule is Cc1cc(C)c(Oc2nc(-c3cccc(CN4CCOCC4)c3)ccc2C(=O)NS(=O)(=O)c2cccc(C)n2)c(C)c1. The van der Waals surface area contributed by atoms with Crippen molar-refractivity contribution < 1.29 is 22.7 Å². The van der Waals surface area contributed by atoms with Gasteiger partial charge in [-0.15, -0.1) is 0 Å². The second-order valence-electron chi connectivity index (χ2n) is 10.5. The Balaban J connectivity index is 1.51. The van der Waals surface area contributed by atoms with Gasteiger partial charge in [0.05, 0.1) is 18.9 Å². The molecule has 0 aliphatic carbocycles. The molecular weight excluding hydrogens is 552 g/mol. The van der Waals surface area contributed by atoms with Gasteiger partial charge in [0, 0.05) is 30.9 Å². The highest BCUT2D eigenvalue weighted by Gasteiger charge is 2.25. The predicted octanol–water partition coefficient (Wildman–Crippen LogP) is 5.12. The Labute approximate surface area is 246 Å². The maximum Gasteiger partial charge on any atom is 0.281 e. The second kappa shape index (κ2) is 12.4. The summed E-state index contributed by atoms with van der Waals surface area (Å²) in [6.07, 6.45) is 0. The van der Waals surface area contributed by atoms with E-state index < -0.39 is 15.9 Å². The molecule has 0 spiro atoms. The average molecular weight is 587 g/mol. The van der Waals surface area contributed by atoms with E-state index in [-0.39, 0.29) is 16.5 Å². The van der Waals surface area contributed by atoms with Crippen molar-refractivity contribution in [2.75, 3.05) is 26.3 Å². The summed E-state index contributed by atoms with van der Waals surface area (Å²) in [6, 6.07) is 19.9. The van der Waals surface area contributed by atoms with Gasteiger partial charge in [-0.05, 0) is 74.7 Å². The standard InChI is InChI=1S/C32H34N4O5S/c1-21-17-22(2)30(23(3)18-21)41-32-27(31(37)35-42(38,39)29-10-5-7-24(4)33-29)11-12-28(34-32)26-9-6-8-25(19-26)20-36-13-15-40-16-14-36/h5-12,17-19H,13-16,20H2,1-4H3,(H,35,37). The molecule has 42 heavy (non-hydrogen) atoms. The normalized spacial score (nSPS) is 14.0. The number of hydrogen-bond donors (Lipinski definition) is 1. The third-order valence-corrected chi connectivity index (χ3v) is 8.24. The molecule has 4 aromatic rings. The van der Waals surface area contributed by atoms with E-state index in [9.17, 15) is 13.2 Å². The van der Waals surface area contributed by atoms with Crippen LogP contribution in [-0.2, 0) is 21.3 Å². The number of sulfonamides is 1. The summed E-state index contributed by atoms with van der Waals surface area (Å²) in [7, 11) is -4.23. The molecule has 1 saturated heterocycles. The van der Waals surface area contributed by atoms with Crippen LogP contribution < -0.4 is 9.46 Å². The van der Waals surface area contributed by atoms with Crippen LogP contribution in [0.4, 0.5) is 0 Å². The Morgan fingerprint density at radius 1 is 0.929 bits per heavy atom. The molecule has 218 valence electrons. The van der Waals surface area contributed by atoms with Crippen LogP contribution in [0, 0.1) is 27.7 Å². The van der Waals surface area contributed by atoms with E-state index in [1.807, 2.05) is 45.0 Å². The Bertz CT molecular complexity index is 1710. The van der Waals surface area contributed by atoms with E-state index in [1.54, 1.807) is 31.2 Å². The lowest BCUT2D eigenvalue weighted by Crippen LogP contribution is -2.35. The van der Waals surface area contributed by atoms with Crippen molar-refractivity contribution in [1.29, 1.82) is 0 Å². The van der Waals surface area contributed by atoms with Gasteiger partial charge < -0.3 is 9.47 Å². The molecule has 0 bridgehead atoms. The van der Waals surface area contributed by atoms with E-state index in [4.69, 9.17) is 14.5 Å². The minimum Gasteiger partial charge on any atom is -0.438 e. The molecule has 0 radical (unpaired) electrons. The van der Waals surface area contributed by atoms with Crippen LogP contribution in [0.3, 0.4) is 0 Å². The monoisotopic (exact) mass is 586 g/mol. The van der Waals surface area contributed by atoms with Crippen LogP contribution in [0.5, 0.6) is 11.6 Å². The van der Waals surface area contributed by atoms with Crippen molar-refractivity contribution in [3.63, 3.8) is 0 Å². The highest BCUT2D eigenvalue weighted by molar-refractivity contribution is 7.90. The van der Waals surface area contributed by atoms with Crippen molar-refractivity contribution in [3.05, 3.63) is 100 Å². The molecule has 3 heterocycles.